The Labute approximate surface area is 118 Å². The van der Waals surface area contributed by atoms with Gasteiger partial charge in [-0.05, 0) is 26.7 Å². The summed E-state index contributed by atoms with van der Waals surface area (Å²) in [6, 6.07) is 0.538. The third-order valence-electron chi connectivity index (χ3n) is 2.53. The van der Waals surface area contributed by atoms with E-state index in [0.717, 1.165) is 17.9 Å². The number of nitrogens with two attached hydrogens (primary N) is 1. The number of guanidine groups is 1. The van der Waals surface area contributed by atoms with Gasteiger partial charge in [-0.1, -0.05) is 0 Å². The third kappa shape index (κ3) is 4.14. The molecule has 0 amide bonds. The van der Waals surface area contributed by atoms with Gasteiger partial charge >= 0.3 is 0 Å². The Morgan fingerprint density at radius 3 is 2.76 bits per heavy atom. The molecule has 2 rings (SSSR count). The lowest BCUT2D eigenvalue weighted by atomic mass is 10.3. The summed E-state index contributed by atoms with van der Waals surface area (Å²) in [5.41, 5.74) is 7.55. The zero-order chi connectivity index (χ0) is 11.5. The number of hydrogen-bond donors (Lipinski definition) is 2. The molecule has 0 bridgehead atoms. The van der Waals surface area contributed by atoms with E-state index in [0.29, 0.717) is 18.5 Å². The van der Waals surface area contributed by atoms with Gasteiger partial charge in [-0.2, -0.15) is 15.0 Å². The van der Waals surface area contributed by atoms with Crippen molar-refractivity contribution in [1.29, 1.82) is 0 Å². The van der Waals surface area contributed by atoms with Gasteiger partial charge in [-0.3, -0.25) is 0 Å². The smallest absolute Gasteiger partial charge is 0.189 e. The lowest BCUT2D eigenvalue weighted by Crippen LogP contribution is -2.33. The van der Waals surface area contributed by atoms with Gasteiger partial charge in [0.1, 0.15) is 5.69 Å². The molecule has 1 heterocycles. The predicted molar refractivity (Wildman–Crippen MR) is 77.3 cm³/mol. The SMILES string of the molecule is CCn1nc(C)c(CN=C(N)NC2CC2)n1.I. The second-order valence-corrected chi connectivity index (χ2v) is 4.04. The molecule has 0 aliphatic heterocycles. The van der Waals surface area contributed by atoms with Crippen molar-refractivity contribution in [1.82, 2.24) is 20.3 Å². The van der Waals surface area contributed by atoms with Crippen LogP contribution in [0.3, 0.4) is 0 Å². The fourth-order valence-corrected chi connectivity index (χ4v) is 1.39. The summed E-state index contributed by atoms with van der Waals surface area (Å²) in [7, 11) is 0. The number of aromatic nitrogens is 3. The maximum atomic E-state index is 5.74. The lowest BCUT2D eigenvalue weighted by Gasteiger charge is -2.01. The van der Waals surface area contributed by atoms with Gasteiger partial charge in [0.2, 0.25) is 0 Å². The molecule has 0 atom stereocenters. The number of aryl methyl sites for hydroxylation is 2. The fraction of sp³-hybridized carbons (Fsp3) is 0.700. The predicted octanol–water partition coefficient (Wildman–Crippen LogP) is 0.791. The Morgan fingerprint density at radius 2 is 2.24 bits per heavy atom. The van der Waals surface area contributed by atoms with Crippen LogP contribution in [0.1, 0.15) is 31.2 Å². The Balaban J connectivity index is 0.00000144. The Bertz CT molecular complexity index is 396. The first-order valence-corrected chi connectivity index (χ1v) is 5.66. The van der Waals surface area contributed by atoms with Crippen LogP contribution >= 0.6 is 24.0 Å². The largest absolute Gasteiger partial charge is 0.370 e. The van der Waals surface area contributed by atoms with E-state index in [1.165, 1.54) is 12.8 Å². The van der Waals surface area contributed by atoms with Crippen LogP contribution in [0.15, 0.2) is 4.99 Å². The van der Waals surface area contributed by atoms with Crippen molar-refractivity contribution < 1.29 is 0 Å². The highest BCUT2D eigenvalue weighted by atomic mass is 127. The second-order valence-electron chi connectivity index (χ2n) is 4.04. The summed E-state index contributed by atoms with van der Waals surface area (Å²) < 4.78 is 0. The zero-order valence-corrected chi connectivity index (χ0v) is 12.5. The molecule has 1 aliphatic carbocycles. The van der Waals surface area contributed by atoms with Crippen LogP contribution in [-0.2, 0) is 13.1 Å². The highest BCUT2D eigenvalue weighted by Gasteiger charge is 2.21. The average molecular weight is 350 g/mol. The fourth-order valence-electron chi connectivity index (χ4n) is 1.39. The van der Waals surface area contributed by atoms with E-state index in [4.69, 9.17) is 5.73 Å². The standard InChI is InChI=1S/C10H18N6.HI/c1-3-16-14-7(2)9(15-16)6-12-10(11)13-8-4-5-8;/h8H,3-6H2,1-2H3,(H3,11,12,13);1H. The first kappa shape index (κ1) is 14.2. The van der Waals surface area contributed by atoms with Crippen LogP contribution < -0.4 is 11.1 Å². The van der Waals surface area contributed by atoms with Crippen molar-refractivity contribution in [3.63, 3.8) is 0 Å². The van der Waals surface area contributed by atoms with Crippen molar-refractivity contribution in [2.45, 2.75) is 45.8 Å². The zero-order valence-electron chi connectivity index (χ0n) is 10.2. The minimum Gasteiger partial charge on any atom is -0.370 e. The molecule has 96 valence electrons. The maximum absolute atomic E-state index is 5.74. The Kier molecular flexibility index (Phi) is 5.16. The average Bonchev–Trinajstić information content (AvgIpc) is 2.98. The molecule has 0 spiro atoms. The minimum atomic E-state index is 0. The monoisotopic (exact) mass is 350 g/mol. The summed E-state index contributed by atoms with van der Waals surface area (Å²) in [6.07, 6.45) is 2.39. The molecule has 1 fully saturated rings. The molecule has 1 saturated carbocycles. The summed E-state index contributed by atoms with van der Waals surface area (Å²) in [6.45, 7) is 5.22. The lowest BCUT2D eigenvalue weighted by molar-refractivity contribution is 0.561. The number of nitrogens with zero attached hydrogens (tertiary/aromatic N) is 4. The van der Waals surface area contributed by atoms with Crippen LogP contribution in [0, 0.1) is 6.92 Å². The molecule has 6 nitrogen and oxygen atoms in total. The van der Waals surface area contributed by atoms with Gasteiger partial charge in [0.15, 0.2) is 5.96 Å². The van der Waals surface area contributed by atoms with Gasteiger partial charge in [-0.15, -0.1) is 24.0 Å². The third-order valence-corrected chi connectivity index (χ3v) is 2.53. The Morgan fingerprint density at radius 1 is 1.53 bits per heavy atom. The van der Waals surface area contributed by atoms with Crippen LogP contribution in [0.5, 0.6) is 0 Å². The molecular weight excluding hydrogens is 331 g/mol. The Hall–Kier alpha value is -0.860. The quantitative estimate of drug-likeness (QED) is 0.478. The molecule has 0 aromatic carbocycles. The molecule has 0 unspecified atom stereocenters. The molecule has 0 radical (unpaired) electrons. The van der Waals surface area contributed by atoms with Gasteiger partial charge in [0.05, 0.1) is 18.8 Å². The molecule has 7 heteroatoms. The number of rotatable bonds is 4. The van der Waals surface area contributed by atoms with Crippen LogP contribution in [0.25, 0.3) is 0 Å². The summed E-state index contributed by atoms with van der Waals surface area (Å²) in [4.78, 5) is 5.92. The number of hydrogen-bond acceptors (Lipinski definition) is 3. The second kappa shape index (κ2) is 6.18. The summed E-state index contributed by atoms with van der Waals surface area (Å²) in [5.74, 6) is 0.507. The van der Waals surface area contributed by atoms with Crippen LogP contribution in [-0.4, -0.2) is 27.0 Å². The van der Waals surface area contributed by atoms with Crippen molar-refractivity contribution >= 4 is 29.9 Å². The van der Waals surface area contributed by atoms with Crippen molar-refractivity contribution in [2.24, 2.45) is 10.7 Å². The summed E-state index contributed by atoms with van der Waals surface area (Å²) >= 11 is 0. The van der Waals surface area contributed by atoms with Crippen LogP contribution in [0.4, 0.5) is 0 Å². The maximum Gasteiger partial charge on any atom is 0.189 e. The van der Waals surface area contributed by atoms with Crippen molar-refractivity contribution in [2.75, 3.05) is 0 Å². The van der Waals surface area contributed by atoms with E-state index in [1.807, 2.05) is 13.8 Å². The van der Waals surface area contributed by atoms with E-state index in [2.05, 4.69) is 20.5 Å². The molecule has 1 aromatic rings. The van der Waals surface area contributed by atoms with Crippen molar-refractivity contribution in [3.8, 4) is 0 Å². The number of nitrogens with one attached hydrogen (secondary N) is 1. The topological polar surface area (TPSA) is 81.1 Å². The van der Waals surface area contributed by atoms with E-state index in [9.17, 15) is 0 Å². The normalized spacial score (nSPS) is 15.5. The molecule has 0 saturated heterocycles. The highest BCUT2D eigenvalue weighted by Crippen LogP contribution is 2.18. The molecule has 3 N–H and O–H groups in total. The highest BCUT2D eigenvalue weighted by molar-refractivity contribution is 14.0. The minimum absolute atomic E-state index is 0. The van der Waals surface area contributed by atoms with E-state index in [1.54, 1.807) is 4.80 Å². The molecule has 17 heavy (non-hydrogen) atoms. The van der Waals surface area contributed by atoms with Crippen LogP contribution in [0.2, 0.25) is 0 Å². The van der Waals surface area contributed by atoms with Gasteiger partial charge in [0, 0.05) is 6.04 Å². The van der Waals surface area contributed by atoms with E-state index >= 15 is 0 Å². The van der Waals surface area contributed by atoms with Gasteiger partial charge in [0.25, 0.3) is 0 Å². The number of halogens is 1. The van der Waals surface area contributed by atoms with Crippen molar-refractivity contribution in [3.05, 3.63) is 11.4 Å². The van der Waals surface area contributed by atoms with E-state index in [-0.39, 0.29) is 24.0 Å². The van der Waals surface area contributed by atoms with E-state index < -0.39 is 0 Å². The molecule has 1 aliphatic rings. The number of aliphatic imine (C=N–C) groups is 1. The molecular formula is C10H19IN6. The molecule has 1 aromatic heterocycles. The first-order chi connectivity index (χ1) is 7.69. The first-order valence-electron chi connectivity index (χ1n) is 5.66. The van der Waals surface area contributed by atoms with Gasteiger partial charge in [-0.25, -0.2) is 4.99 Å². The summed E-state index contributed by atoms with van der Waals surface area (Å²) in [5, 5.41) is 11.7. The van der Waals surface area contributed by atoms with Gasteiger partial charge < -0.3 is 11.1 Å².